The molecule has 116 valence electrons. The molecule has 0 radical (unpaired) electrons. The van der Waals surface area contributed by atoms with Crippen molar-refractivity contribution in [3.8, 4) is 11.1 Å². The highest BCUT2D eigenvalue weighted by Gasteiger charge is 2.30. The number of nitrogens with one attached hydrogen (secondary N) is 1. The molecule has 1 aliphatic heterocycles. The van der Waals surface area contributed by atoms with Crippen molar-refractivity contribution in [3.63, 3.8) is 0 Å². The quantitative estimate of drug-likeness (QED) is 0.929. The molecule has 1 saturated heterocycles. The predicted molar refractivity (Wildman–Crippen MR) is 85.1 cm³/mol. The molecular formula is C18H20F2N2. The second kappa shape index (κ2) is 6.99. The van der Waals surface area contributed by atoms with Gasteiger partial charge in [-0.05, 0) is 22.8 Å². The van der Waals surface area contributed by atoms with Crippen LogP contribution in [-0.2, 0) is 0 Å². The standard InChI is InChI=1S/C18H20F2N2/c19-18(20)17(22-11-9-21-10-12-22)16-8-4-7-15(13-16)14-5-2-1-3-6-14/h1-8,13,17-18,21H,9-12H2/t17-/m0/s1. The van der Waals surface area contributed by atoms with E-state index in [4.69, 9.17) is 0 Å². The Kier molecular flexibility index (Phi) is 4.80. The van der Waals surface area contributed by atoms with Crippen molar-refractivity contribution in [2.75, 3.05) is 26.2 Å². The van der Waals surface area contributed by atoms with Crippen molar-refractivity contribution in [1.29, 1.82) is 0 Å². The highest BCUT2D eigenvalue weighted by molar-refractivity contribution is 5.64. The molecule has 0 aromatic heterocycles. The van der Waals surface area contributed by atoms with Crippen LogP contribution in [0.25, 0.3) is 11.1 Å². The van der Waals surface area contributed by atoms with Gasteiger partial charge in [-0.3, -0.25) is 4.90 Å². The van der Waals surface area contributed by atoms with E-state index in [1.807, 2.05) is 59.5 Å². The zero-order chi connectivity index (χ0) is 15.4. The molecule has 0 saturated carbocycles. The maximum Gasteiger partial charge on any atom is 0.258 e. The van der Waals surface area contributed by atoms with Crippen LogP contribution in [0.3, 0.4) is 0 Å². The fraction of sp³-hybridized carbons (Fsp3) is 0.333. The molecule has 3 rings (SSSR count). The maximum atomic E-state index is 13.6. The fourth-order valence-corrected chi connectivity index (χ4v) is 3.01. The summed E-state index contributed by atoms with van der Waals surface area (Å²) in [6.07, 6.45) is -2.39. The molecule has 4 heteroatoms. The topological polar surface area (TPSA) is 15.3 Å². The number of hydrogen-bond donors (Lipinski definition) is 1. The van der Waals surface area contributed by atoms with E-state index in [1.165, 1.54) is 0 Å². The predicted octanol–water partition coefficient (Wildman–Crippen LogP) is 3.57. The lowest BCUT2D eigenvalue weighted by Gasteiger charge is -2.34. The Morgan fingerprint density at radius 2 is 1.55 bits per heavy atom. The van der Waals surface area contributed by atoms with Gasteiger partial charge >= 0.3 is 0 Å². The van der Waals surface area contributed by atoms with E-state index in [1.54, 1.807) is 0 Å². The number of piperazine rings is 1. The third-order valence-corrected chi connectivity index (χ3v) is 4.12. The van der Waals surface area contributed by atoms with Gasteiger partial charge in [0.25, 0.3) is 6.43 Å². The van der Waals surface area contributed by atoms with Crippen LogP contribution in [0.2, 0.25) is 0 Å². The van der Waals surface area contributed by atoms with Crippen molar-refractivity contribution in [3.05, 3.63) is 60.2 Å². The summed E-state index contributed by atoms with van der Waals surface area (Å²) in [6, 6.07) is 16.6. The average molecular weight is 302 g/mol. The van der Waals surface area contributed by atoms with Crippen LogP contribution in [0.1, 0.15) is 11.6 Å². The van der Waals surface area contributed by atoms with E-state index >= 15 is 0 Å². The monoisotopic (exact) mass is 302 g/mol. The third-order valence-electron chi connectivity index (χ3n) is 4.12. The molecule has 1 heterocycles. The Labute approximate surface area is 129 Å². The summed E-state index contributed by atoms with van der Waals surface area (Å²) in [5, 5.41) is 3.21. The van der Waals surface area contributed by atoms with Gasteiger partial charge in [0.1, 0.15) is 0 Å². The number of benzene rings is 2. The fourth-order valence-electron chi connectivity index (χ4n) is 3.01. The van der Waals surface area contributed by atoms with Gasteiger partial charge in [-0.25, -0.2) is 8.78 Å². The number of nitrogens with zero attached hydrogens (tertiary/aromatic N) is 1. The first kappa shape index (κ1) is 15.1. The Morgan fingerprint density at radius 3 is 2.23 bits per heavy atom. The van der Waals surface area contributed by atoms with Gasteiger partial charge in [-0.1, -0.05) is 48.5 Å². The maximum absolute atomic E-state index is 13.6. The number of halogens is 2. The Morgan fingerprint density at radius 1 is 0.864 bits per heavy atom. The van der Waals surface area contributed by atoms with Gasteiger partial charge in [0.05, 0.1) is 6.04 Å². The highest BCUT2D eigenvalue weighted by Crippen LogP contribution is 2.30. The van der Waals surface area contributed by atoms with E-state index in [9.17, 15) is 8.78 Å². The molecule has 0 unspecified atom stereocenters. The summed E-state index contributed by atoms with van der Waals surface area (Å²) in [7, 11) is 0. The minimum atomic E-state index is -2.39. The molecule has 2 aromatic rings. The van der Waals surface area contributed by atoms with Gasteiger partial charge in [0, 0.05) is 26.2 Å². The van der Waals surface area contributed by atoms with Crippen LogP contribution in [0.5, 0.6) is 0 Å². The number of rotatable bonds is 4. The highest BCUT2D eigenvalue weighted by atomic mass is 19.3. The van der Waals surface area contributed by atoms with Crippen molar-refractivity contribution in [1.82, 2.24) is 10.2 Å². The number of alkyl halides is 2. The Hall–Kier alpha value is -1.78. The van der Waals surface area contributed by atoms with E-state index < -0.39 is 12.5 Å². The zero-order valence-corrected chi connectivity index (χ0v) is 12.4. The van der Waals surface area contributed by atoms with Crippen molar-refractivity contribution in [2.45, 2.75) is 12.5 Å². The van der Waals surface area contributed by atoms with Crippen LogP contribution < -0.4 is 5.32 Å². The van der Waals surface area contributed by atoms with E-state index in [-0.39, 0.29) is 0 Å². The summed E-state index contributed by atoms with van der Waals surface area (Å²) in [5.41, 5.74) is 2.73. The molecular weight excluding hydrogens is 282 g/mol. The first-order valence-corrected chi connectivity index (χ1v) is 7.64. The van der Waals surface area contributed by atoms with Gasteiger partial charge < -0.3 is 5.32 Å². The molecule has 1 fully saturated rings. The molecule has 0 spiro atoms. The summed E-state index contributed by atoms with van der Waals surface area (Å²) < 4.78 is 27.3. The summed E-state index contributed by atoms with van der Waals surface area (Å²) in [6.45, 7) is 2.85. The van der Waals surface area contributed by atoms with E-state index in [2.05, 4.69) is 5.32 Å². The lowest BCUT2D eigenvalue weighted by atomic mass is 9.98. The minimum Gasteiger partial charge on any atom is -0.314 e. The third kappa shape index (κ3) is 3.34. The molecule has 22 heavy (non-hydrogen) atoms. The average Bonchev–Trinajstić information content (AvgIpc) is 2.57. The van der Waals surface area contributed by atoms with Crippen LogP contribution in [-0.4, -0.2) is 37.5 Å². The molecule has 0 bridgehead atoms. The SMILES string of the molecule is FC(F)[C@H](c1cccc(-c2ccccc2)c1)N1CCNCC1. The molecule has 2 aromatic carbocycles. The normalized spacial score (nSPS) is 17.6. The molecule has 2 nitrogen and oxygen atoms in total. The number of hydrogen-bond acceptors (Lipinski definition) is 2. The molecule has 1 aliphatic rings. The summed E-state index contributed by atoms with van der Waals surface area (Å²) in [5.74, 6) is 0. The summed E-state index contributed by atoms with van der Waals surface area (Å²) in [4.78, 5) is 1.88. The first-order chi connectivity index (χ1) is 10.8. The second-order valence-electron chi connectivity index (χ2n) is 5.56. The molecule has 0 aliphatic carbocycles. The van der Waals surface area contributed by atoms with E-state index in [0.29, 0.717) is 18.7 Å². The van der Waals surface area contributed by atoms with Crippen LogP contribution in [0.4, 0.5) is 8.78 Å². The van der Waals surface area contributed by atoms with Crippen molar-refractivity contribution >= 4 is 0 Å². The molecule has 1 atom stereocenters. The van der Waals surface area contributed by atoms with Crippen molar-refractivity contribution in [2.24, 2.45) is 0 Å². The second-order valence-corrected chi connectivity index (χ2v) is 5.56. The first-order valence-electron chi connectivity index (χ1n) is 7.64. The van der Waals surface area contributed by atoms with Gasteiger partial charge in [0.2, 0.25) is 0 Å². The Balaban J connectivity index is 1.91. The smallest absolute Gasteiger partial charge is 0.258 e. The van der Waals surface area contributed by atoms with Crippen molar-refractivity contribution < 1.29 is 8.78 Å². The van der Waals surface area contributed by atoms with Crippen LogP contribution in [0.15, 0.2) is 54.6 Å². The lowest BCUT2D eigenvalue weighted by molar-refractivity contribution is 0.0182. The largest absolute Gasteiger partial charge is 0.314 e. The molecule has 0 amide bonds. The van der Waals surface area contributed by atoms with Crippen LogP contribution >= 0.6 is 0 Å². The lowest BCUT2D eigenvalue weighted by Crippen LogP contribution is -2.46. The van der Waals surface area contributed by atoms with Crippen LogP contribution in [0, 0.1) is 0 Å². The van der Waals surface area contributed by atoms with Gasteiger partial charge in [-0.2, -0.15) is 0 Å². The zero-order valence-electron chi connectivity index (χ0n) is 12.4. The summed E-state index contributed by atoms with van der Waals surface area (Å²) >= 11 is 0. The van der Waals surface area contributed by atoms with Gasteiger partial charge in [-0.15, -0.1) is 0 Å². The van der Waals surface area contributed by atoms with E-state index in [0.717, 1.165) is 24.2 Å². The van der Waals surface area contributed by atoms with Gasteiger partial charge in [0.15, 0.2) is 0 Å². The molecule has 1 N–H and O–H groups in total. The Bertz CT molecular complexity index is 595. The minimum absolute atomic E-state index is 0.657.